The maximum atomic E-state index is 6.35. The van der Waals surface area contributed by atoms with Gasteiger partial charge in [-0.15, -0.1) is 0 Å². The number of nitrogens with zero attached hydrogens (tertiary/aromatic N) is 1. The molecule has 3 nitrogen and oxygen atoms in total. The number of rotatable bonds is 5. The summed E-state index contributed by atoms with van der Waals surface area (Å²) in [5.41, 5.74) is 4.57. The van der Waals surface area contributed by atoms with Crippen molar-refractivity contribution >= 4 is 11.6 Å². The molecule has 1 aliphatic heterocycles. The van der Waals surface area contributed by atoms with E-state index in [1.165, 1.54) is 57.2 Å². The number of likely N-dealkylation sites (tertiary alicyclic amines) is 1. The van der Waals surface area contributed by atoms with Gasteiger partial charge in [0.15, 0.2) is 0 Å². The second-order valence-corrected chi connectivity index (χ2v) is 6.93. The third-order valence-electron chi connectivity index (χ3n) is 5.44. The SMILES string of the molecule is NNC(Cc1ccccc1Cl)C1(N2CCCC2)CCCC1. The fraction of sp³-hybridized carbons (Fsp3) is 0.647. The molecular formula is C17H26ClN3. The number of nitrogens with two attached hydrogens (primary N) is 1. The lowest BCUT2D eigenvalue weighted by atomic mass is 9.83. The highest BCUT2D eigenvalue weighted by atomic mass is 35.5. The van der Waals surface area contributed by atoms with E-state index in [0.717, 1.165) is 11.4 Å². The molecule has 1 heterocycles. The van der Waals surface area contributed by atoms with Crippen LogP contribution in [0.25, 0.3) is 0 Å². The van der Waals surface area contributed by atoms with E-state index in [4.69, 9.17) is 17.4 Å². The van der Waals surface area contributed by atoms with Crippen LogP contribution in [-0.2, 0) is 6.42 Å². The second-order valence-electron chi connectivity index (χ2n) is 6.52. The molecule has 21 heavy (non-hydrogen) atoms. The van der Waals surface area contributed by atoms with Crippen molar-refractivity contribution < 1.29 is 0 Å². The van der Waals surface area contributed by atoms with E-state index in [1.807, 2.05) is 12.1 Å². The summed E-state index contributed by atoms with van der Waals surface area (Å²) in [6.45, 7) is 2.45. The molecule has 1 saturated heterocycles. The van der Waals surface area contributed by atoms with Crippen LogP contribution in [0.15, 0.2) is 24.3 Å². The summed E-state index contributed by atoms with van der Waals surface area (Å²) in [5, 5.41) is 0.854. The van der Waals surface area contributed by atoms with Crippen LogP contribution in [0.5, 0.6) is 0 Å². The molecule has 0 bridgehead atoms. The Kier molecular flexibility index (Phi) is 4.85. The fourth-order valence-electron chi connectivity index (χ4n) is 4.32. The van der Waals surface area contributed by atoms with Crippen LogP contribution in [0, 0.1) is 0 Å². The van der Waals surface area contributed by atoms with Crippen molar-refractivity contribution in [2.45, 2.75) is 56.5 Å². The number of hydrogen-bond acceptors (Lipinski definition) is 3. The molecule has 1 aliphatic carbocycles. The topological polar surface area (TPSA) is 41.3 Å². The van der Waals surface area contributed by atoms with Crippen molar-refractivity contribution in [2.24, 2.45) is 5.84 Å². The Balaban J connectivity index is 1.84. The van der Waals surface area contributed by atoms with Crippen molar-refractivity contribution in [2.75, 3.05) is 13.1 Å². The Morgan fingerprint density at radius 1 is 1.14 bits per heavy atom. The van der Waals surface area contributed by atoms with Crippen LogP contribution in [-0.4, -0.2) is 29.6 Å². The van der Waals surface area contributed by atoms with E-state index in [2.05, 4.69) is 22.5 Å². The highest BCUT2D eigenvalue weighted by Crippen LogP contribution is 2.41. The van der Waals surface area contributed by atoms with Gasteiger partial charge in [-0.25, -0.2) is 0 Å². The van der Waals surface area contributed by atoms with E-state index < -0.39 is 0 Å². The molecule has 1 atom stereocenters. The predicted molar refractivity (Wildman–Crippen MR) is 88.3 cm³/mol. The van der Waals surface area contributed by atoms with Crippen LogP contribution < -0.4 is 11.3 Å². The average molecular weight is 308 g/mol. The number of hydrogen-bond donors (Lipinski definition) is 2. The Morgan fingerprint density at radius 2 is 1.81 bits per heavy atom. The molecule has 3 N–H and O–H groups in total. The maximum Gasteiger partial charge on any atom is 0.0438 e. The Hall–Kier alpha value is -0.610. The first kappa shape index (κ1) is 15.3. The molecule has 2 aliphatic rings. The lowest BCUT2D eigenvalue weighted by Gasteiger charge is -2.45. The largest absolute Gasteiger partial charge is 0.296 e. The third-order valence-corrected chi connectivity index (χ3v) is 5.81. The van der Waals surface area contributed by atoms with Gasteiger partial charge < -0.3 is 0 Å². The minimum Gasteiger partial charge on any atom is -0.296 e. The van der Waals surface area contributed by atoms with Gasteiger partial charge in [-0.3, -0.25) is 16.2 Å². The molecule has 0 amide bonds. The zero-order chi connectivity index (χ0) is 14.7. The van der Waals surface area contributed by atoms with E-state index in [9.17, 15) is 0 Å². The van der Waals surface area contributed by atoms with Gasteiger partial charge in [-0.05, 0) is 56.8 Å². The summed E-state index contributed by atoms with van der Waals surface area (Å²) in [6, 6.07) is 8.42. The molecule has 0 radical (unpaired) electrons. The van der Waals surface area contributed by atoms with E-state index in [-0.39, 0.29) is 11.6 Å². The zero-order valence-electron chi connectivity index (χ0n) is 12.7. The van der Waals surface area contributed by atoms with E-state index in [0.29, 0.717) is 0 Å². The van der Waals surface area contributed by atoms with Crippen LogP contribution in [0.3, 0.4) is 0 Å². The summed E-state index contributed by atoms with van der Waals surface area (Å²) < 4.78 is 0. The van der Waals surface area contributed by atoms with Crippen LogP contribution in [0.2, 0.25) is 5.02 Å². The van der Waals surface area contributed by atoms with Crippen molar-refractivity contribution in [3.05, 3.63) is 34.9 Å². The van der Waals surface area contributed by atoms with Crippen molar-refractivity contribution in [1.29, 1.82) is 0 Å². The minimum absolute atomic E-state index is 0.227. The van der Waals surface area contributed by atoms with Crippen molar-refractivity contribution in [3.8, 4) is 0 Å². The van der Waals surface area contributed by atoms with Gasteiger partial charge in [0.2, 0.25) is 0 Å². The lowest BCUT2D eigenvalue weighted by Crippen LogP contribution is -2.61. The zero-order valence-corrected chi connectivity index (χ0v) is 13.4. The highest BCUT2D eigenvalue weighted by Gasteiger charge is 2.46. The molecule has 0 spiro atoms. The second kappa shape index (κ2) is 6.66. The molecule has 1 aromatic rings. The van der Waals surface area contributed by atoms with E-state index >= 15 is 0 Å². The van der Waals surface area contributed by atoms with Gasteiger partial charge in [-0.2, -0.15) is 0 Å². The summed E-state index contributed by atoms with van der Waals surface area (Å²) in [4.78, 5) is 2.70. The van der Waals surface area contributed by atoms with Crippen LogP contribution >= 0.6 is 11.6 Å². The molecule has 116 valence electrons. The normalized spacial score (nSPS) is 23.5. The molecular weight excluding hydrogens is 282 g/mol. The highest BCUT2D eigenvalue weighted by molar-refractivity contribution is 6.31. The third kappa shape index (κ3) is 2.98. The first-order valence-corrected chi connectivity index (χ1v) is 8.59. The first-order chi connectivity index (χ1) is 10.3. The molecule has 3 rings (SSSR count). The van der Waals surface area contributed by atoms with Gasteiger partial charge in [-0.1, -0.05) is 42.6 Å². The van der Waals surface area contributed by atoms with Gasteiger partial charge in [0.1, 0.15) is 0 Å². The molecule has 0 aromatic heterocycles. The molecule has 4 heteroatoms. The number of halogens is 1. The Bertz CT molecular complexity index is 465. The average Bonchev–Trinajstić information content (AvgIpc) is 3.18. The molecule has 1 unspecified atom stereocenters. The minimum atomic E-state index is 0.227. The van der Waals surface area contributed by atoms with Crippen LogP contribution in [0.1, 0.15) is 44.1 Å². The van der Waals surface area contributed by atoms with Crippen molar-refractivity contribution in [1.82, 2.24) is 10.3 Å². The van der Waals surface area contributed by atoms with Crippen LogP contribution in [0.4, 0.5) is 0 Å². The van der Waals surface area contributed by atoms with Gasteiger partial charge in [0, 0.05) is 16.6 Å². The maximum absolute atomic E-state index is 6.35. The van der Waals surface area contributed by atoms with Crippen molar-refractivity contribution in [3.63, 3.8) is 0 Å². The van der Waals surface area contributed by atoms with Gasteiger partial charge in [0.25, 0.3) is 0 Å². The Labute approximate surface area is 132 Å². The Morgan fingerprint density at radius 3 is 2.43 bits per heavy atom. The number of nitrogens with one attached hydrogen (secondary N) is 1. The quantitative estimate of drug-likeness (QED) is 0.649. The standard InChI is InChI=1S/C17H26ClN3/c18-15-8-2-1-7-14(15)13-16(20-19)17(9-3-4-10-17)21-11-5-6-12-21/h1-2,7-8,16,20H,3-6,9-13,19H2. The number of hydrazine groups is 1. The summed E-state index contributed by atoms with van der Waals surface area (Å²) in [5.74, 6) is 5.98. The molecule has 2 fully saturated rings. The number of benzene rings is 1. The smallest absolute Gasteiger partial charge is 0.0438 e. The molecule has 1 saturated carbocycles. The summed E-state index contributed by atoms with van der Waals surface area (Å²) in [7, 11) is 0. The predicted octanol–water partition coefficient (Wildman–Crippen LogP) is 3.12. The van der Waals surface area contributed by atoms with Gasteiger partial charge >= 0.3 is 0 Å². The fourth-order valence-corrected chi connectivity index (χ4v) is 4.54. The monoisotopic (exact) mass is 307 g/mol. The first-order valence-electron chi connectivity index (χ1n) is 8.21. The van der Waals surface area contributed by atoms with Gasteiger partial charge in [0.05, 0.1) is 0 Å². The summed E-state index contributed by atoms with van der Waals surface area (Å²) >= 11 is 6.35. The lowest BCUT2D eigenvalue weighted by molar-refractivity contribution is 0.0766. The summed E-state index contributed by atoms with van der Waals surface area (Å²) in [6.07, 6.45) is 8.70. The molecule has 1 aromatic carbocycles. The van der Waals surface area contributed by atoms with E-state index in [1.54, 1.807) is 0 Å².